The van der Waals surface area contributed by atoms with Crippen molar-refractivity contribution in [2.75, 3.05) is 11.9 Å². The minimum absolute atomic E-state index is 0.121. The van der Waals surface area contributed by atoms with Crippen molar-refractivity contribution < 1.29 is 14.3 Å². The van der Waals surface area contributed by atoms with Gasteiger partial charge in [-0.2, -0.15) is 0 Å². The molecule has 1 atom stereocenters. The Bertz CT molecular complexity index is 1040. The minimum atomic E-state index is -0.274. The van der Waals surface area contributed by atoms with Gasteiger partial charge in [-0.1, -0.05) is 48.5 Å². The van der Waals surface area contributed by atoms with Crippen molar-refractivity contribution >= 4 is 23.6 Å². The molecule has 31 heavy (non-hydrogen) atoms. The van der Waals surface area contributed by atoms with Gasteiger partial charge in [-0.25, -0.2) is 0 Å². The summed E-state index contributed by atoms with van der Waals surface area (Å²) in [7, 11) is 0. The largest absolute Gasteiger partial charge is 0.494 e. The molecule has 0 saturated carbocycles. The number of rotatable bonds is 8. The molecule has 158 valence electrons. The summed E-state index contributed by atoms with van der Waals surface area (Å²) in [6, 6.07) is 24.0. The summed E-state index contributed by atoms with van der Waals surface area (Å²) in [5.41, 5.74) is 2.96. The molecular weight excluding hydrogens is 388 g/mol. The number of hydrogen-bond acceptors (Lipinski definition) is 3. The molecule has 3 aromatic rings. The van der Waals surface area contributed by atoms with Crippen LogP contribution < -0.4 is 15.4 Å². The molecule has 0 aromatic heterocycles. The van der Waals surface area contributed by atoms with E-state index in [1.165, 1.54) is 6.08 Å². The van der Waals surface area contributed by atoms with E-state index >= 15 is 0 Å². The Hall–Kier alpha value is -3.86. The van der Waals surface area contributed by atoms with Crippen LogP contribution in [0.3, 0.4) is 0 Å². The number of hydrogen-bond donors (Lipinski definition) is 2. The zero-order valence-corrected chi connectivity index (χ0v) is 17.7. The van der Waals surface area contributed by atoms with Crippen LogP contribution in [0, 0.1) is 0 Å². The number of nitrogens with one attached hydrogen (secondary N) is 2. The first-order valence-electron chi connectivity index (χ1n) is 10.2. The third-order valence-corrected chi connectivity index (χ3v) is 4.66. The summed E-state index contributed by atoms with van der Waals surface area (Å²) in [6.07, 6.45) is 3.18. The Morgan fingerprint density at radius 3 is 2.42 bits per heavy atom. The highest BCUT2D eigenvalue weighted by Crippen LogP contribution is 2.16. The summed E-state index contributed by atoms with van der Waals surface area (Å²) in [4.78, 5) is 24.9. The van der Waals surface area contributed by atoms with Gasteiger partial charge in [-0.05, 0) is 61.4 Å². The van der Waals surface area contributed by atoms with Gasteiger partial charge in [0.2, 0.25) is 5.91 Å². The molecule has 3 aromatic carbocycles. The van der Waals surface area contributed by atoms with E-state index in [0.717, 1.165) is 16.9 Å². The van der Waals surface area contributed by atoms with E-state index in [4.69, 9.17) is 4.74 Å². The molecule has 0 aliphatic carbocycles. The lowest BCUT2D eigenvalue weighted by molar-refractivity contribution is -0.111. The van der Waals surface area contributed by atoms with Gasteiger partial charge in [0.25, 0.3) is 5.91 Å². The minimum Gasteiger partial charge on any atom is -0.494 e. The lowest BCUT2D eigenvalue weighted by atomic mass is 10.1. The third kappa shape index (κ3) is 6.57. The standard InChI is InChI=1S/C26H26N2O3/c1-3-31-24-15-12-20(13-16-24)14-17-25(29)28-23-11-7-10-22(18-23)26(30)27-19(2)21-8-5-4-6-9-21/h4-19H,3H2,1-2H3,(H,27,30)(H,28,29)/b17-14+. The Kier molecular flexibility index (Phi) is 7.60. The molecule has 5 nitrogen and oxygen atoms in total. The fraction of sp³-hybridized carbons (Fsp3) is 0.154. The molecule has 0 bridgehead atoms. The van der Waals surface area contributed by atoms with E-state index in [-0.39, 0.29) is 17.9 Å². The van der Waals surface area contributed by atoms with Gasteiger partial charge in [0.15, 0.2) is 0 Å². The van der Waals surface area contributed by atoms with Gasteiger partial charge in [0.1, 0.15) is 5.75 Å². The second-order valence-electron chi connectivity index (χ2n) is 7.01. The van der Waals surface area contributed by atoms with Crippen molar-refractivity contribution in [3.05, 3.63) is 102 Å². The van der Waals surface area contributed by atoms with Crippen molar-refractivity contribution in [1.82, 2.24) is 5.32 Å². The number of carbonyl (C=O) groups is 2. The van der Waals surface area contributed by atoms with Gasteiger partial charge in [-0.15, -0.1) is 0 Å². The Labute approximate surface area is 182 Å². The van der Waals surface area contributed by atoms with Crippen LogP contribution in [0.2, 0.25) is 0 Å². The first kappa shape index (κ1) is 21.8. The van der Waals surface area contributed by atoms with Crippen LogP contribution in [-0.4, -0.2) is 18.4 Å². The fourth-order valence-corrected chi connectivity index (χ4v) is 3.04. The lowest BCUT2D eigenvalue weighted by Crippen LogP contribution is -2.26. The number of carbonyl (C=O) groups excluding carboxylic acids is 2. The maximum atomic E-state index is 12.6. The predicted molar refractivity (Wildman–Crippen MR) is 124 cm³/mol. The van der Waals surface area contributed by atoms with Crippen molar-refractivity contribution in [2.45, 2.75) is 19.9 Å². The van der Waals surface area contributed by atoms with Gasteiger partial charge < -0.3 is 15.4 Å². The number of ether oxygens (including phenoxy) is 1. The molecule has 2 N–H and O–H groups in total. The topological polar surface area (TPSA) is 67.4 Å². The zero-order chi connectivity index (χ0) is 22.1. The lowest BCUT2D eigenvalue weighted by Gasteiger charge is -2.14. The van der Waals surface area contributed by atoms with Crippen LogP contribution in [0.5, 0.6) is 5.75 Å². The van der Waals surface area contributed by atoms with E-state index in [2.05, 4.69) is 10.6 Å². The van der Waals surface area contributed by atoms with E-state index in [1.54, 1.807) is 30.3 Å². The highest BCUT2D eigenvalue weighted by molar-refractivity contribution is 6.03. The number of benzene rings is 3. The van der Waals surface area contributed by atoms with Crippen molar-refractivity contribution in [3.63, 3.8) is 0 Å². The summed E-state index contributed by atoms with van der Waals surface area (Å²) in [6.45, 7) is 4.48. The van der Waals surface area contributed by atoms with Crippen LogP contribution in [0.4, 0.5) is 5.69 Å². The van der Waals surface area contributed by atoms with Gasteiger partial charge in [0.05, 0.1) is 12.6 Å². The second-order valence-corrected chi connectivity index (χ2v) is 7.01. The van der Waals surface area contributed by atoms with Crippen molar-refractivity contribution in [2.24, 2.45) is 0 Å². The van der Waals surface area contributed by atoms with Crippen LogP contribution in [0.25, 0.3) is 6.08 Å². The average molecular weight is 415 g/mol. The molecule has 0 spiro atoms. The molecule has 2 amide bonds. The first-order chi connectivity index (χ1) is 15.0. The van der Waals surface area contributed by atoms with Gasteiger partial charge in [-0.3, -0.25) is 9.59 Å². The molecule has 0 aliphatic heterocycles. The van der Waals surface area contributed by atoms with Crippen LogP contribution in [0.1, 0.15) is 41.4 Å². The maximum Gasteiger partial charge on any atom is 0.251 e. The third-order valence-electron chi connectivity index (χ3n) is 4.66. The van der Waals surface area contributed by atoms with E-state index < -0.39 is 0 Å². The predicted octanol–water partition coefficient (Wildman–Crippen LogP) is 5.23. The molecular formula is C26H26N2O3. The summed E-state index contributed by atoms with van der Waals surface area (Å²) in [5, 5.41) is 5.77. The monoisotopic (exact) mass is 414 g/mol. The summed E-state index contributed by atoms with van der Waals surface area (Å²) >= 11 is 0. The zero-order valence-electron chi connectivity index (χ0n) is 17.7. The number of amides is 2. The average Bonchev–Trinajstić information content (AvgIpc) is 2.79. The molecule has 1 unspecified atom stereocenters. The summed E-state index contributed by atoms with van der Waals surface area (Å²) in [5.74, 6) is 0.322. The highest BCUT2D eigenvalue weighted by atomic mass is 16.5. The fourth-order valence-electron chi connectivity index (χ4n) is 3.04. The van der Waals surface area contributed by atoms with E-state index in [0.29, 0.717) is 17.9 Å². The van der Waals surface area contributed by atoms with Crippen molar-refractivity contribution in [1.29, 1.82) is 0 Å². The molecule has 0 fully saturated rings. The summed E-state index contributed by atoms with van der Waals surface area (Å²) < 4.78 is 5.41. The quantitative estimate of drug-likeness (QED) is 0.496. The smallest absolute Gasteiger partial charge is 0.251 e. The van der Waals surface area contributed by atoms with Crippen LogP contribution in [-0.2, 0) is 4.79 Å². The molecule has 3 rings (SSSR count). The Morgan fingerprint density at radius 2 is 1.71 bits per heavy atom. The molecule has 0 heterocycles. The van der Waals surface area contributed by atoms with Gasteiger partial charge >= 0.3 is 0 Å². The van der Waals surface area contributed by atoms with Crippen LogP contribution in [0.15, 0.2) is 84.9 Å². The van der Waals surface area contributed by atoms with Crippen LogP contribution >= 0.6 is 0 Å². The maximum absolute atomic E-state index is 12.6. The normalized spacial score (nSPS) is 11.7. The Morgan fingerprint density at radius 1 is 0.968 bits per heavy atom. The molecule has 0 radical (unpaired) electrons. The van der Waals surface area contributed by atoms with E-state index in [1.807, 2.05) is 68.4 Å². The highest BCUT2D eigenvalue weighted by Gasteiger charge is 2.12. The van der Waals surface area contributed by atoms with Gasteiger partial charge in [0, 0.05) is 17.3 Å². The molecule has 5 heteroatoms. The molecule has 0 aliphatic rings. The Balaban J connectivity index is 1.59. The molecule has 0 saturated heterocycles. The van der Waals surface area contributed by atoms with Crippen molar-refractivity contribution in [3.8, 4) is 5.75 Å². The second kappa shape index (κ2) is 10.8. The number of anilines is 1. The van der Waals surface area contributed by atoms with E-state index in [9.17, 15) is 9.59 Å². The SMILES string of the molecule is CCOc1ccc(/C=C/C(=O)Nc2cccc(C(=O)NC(C)c3ccccc3)c2)cc1. The first-order valence-corrected chi connectivity index (χ1v) is 10.2.